The number of carboxylic acid groups (broad SMARTS) is 1. The topological polar surface area (TPSA) is 110 Å². The molecule has 0 atom stereocenters. The fourth-order valence-corrected chi connectivity index (χ4v) is 2.09. The van der Waals surface area contributed by atoms with Crippen LogP contribution >= 0.6 is 0 Å². The van der Waals surface area contributed by atoms with Gasteiger partial charge >= 0.3 is 5.97 Å². The van der Waals surface area contributed by atoms with Crippen molar-refractivity contribution in [3.05, 3.63) is 11.8 Å². The second-order valence-corrected chi connectivity index (χ2v) is 7.21. The first kappa shape index (κ1) is 14.6. The number of aliphatic carboxylic acids is 1. The number of aromatic nitrogens is 2. The predicted octanol–water partition coefficient (Wildman–Crippen LogP) is 0.658. The van der Waals surface area contributed by atoms with Crippen LogP contribution in [0.3, 0.4) is 0 Å². The largest absolute Gasteiger partial charge is 0.481 e. The maximum Gasteiger partial charge on any atom is 0.303 e. The molecule has 0 fully saturated rings. The molecule has 1 aromatic rings. The highest BCUT2D eigenvalue weighted by molar-refractivity contribution is 7.89. The summed E-state index contributed by atoms with van der Waals surface area (Å²) in [4.78, 5) is 10.7. The number of hydrogen-bond donors (Lipinski definition) is 1. The van der Waals surface area contributed by atoms with E-state index in [1.54, 1.807) is 13.8 Å². The highest BCUT2D eigenvalue weighted by Gasteiger charge is 2.25. The van der Waals surface area contributed by atoms with Crippen LogP contribution in [0.5, 0.6) is 0 Å². The number of hydrogen-bond acceptors (Lipinski definition) is 6. The van der Waals surface area contributed by atoms with Gasteiger partial charge in [0.05, 0.1) is 6.42 Å². The third kappa shape index (κ3) is 5.26. The minimum atomic E-state index is -3.22. The van der Waals surface area contributed by atoms with Crippen LogP contribution in [0, 0.1) is 5.41 Å². The Bertz CT molecular complexity index is 532. The minimum Gasteiger partial charge on any atom is -0.481 e. The molecule has 102 valence electrons. The van der Waals surface area contributed by atoms with E-state index in [-0.39, 0.29) is 30.4 Å². The van der Waals surface area contributed by atoms with Crippen molar-refractivity contribution in [2.75, 3.05) is 6.26 Å². The summed E-state index contributed by atoms with van der Waals surface area (Å²) < 4.78 is 27.3. The standard InChI is InChI=1S/C10H16N2O5S/c1-10(2,5-9(13)14)4-7-11-12-8(17-7)6-18(3,15)16/h4-6H2,1-3H3,(H,13,14). The zero-order valence-corrected chi connectivity index (χ0v) is 11.3. The summed E-state index contributed by atoms with van der Waals surface area (Å²) >= 11 is 0. The van der Waals surface area contributed by atoms with E-state index in [1.807, 2.05) is 0 Å². The number of carbonyl (C=O) groups is 1. The maximum absolute atomic E-state index is 11.0. The molecular formula is C10H16N2O5S. The van der Waals surface area contributed by atoms with Crippen molar-refractivity contribution >= 4 is 15.8 Å². The van der Waals surface area contributed by atoms with Gasteiger partial charge in [-0.15, -0.1) is 10.2 Å². The fraction of sp³-hybridized carbons (Fsp3) is 0.700. The lowest BCUT2D eigenvalue weighted by molar-refractivity contribution is -0.139. The van der Waals surface area contributed by atoms with E-state index in [0.29, 0.717) is 0 Å². The van der Waals surface area contributed by atoms with Gasteiger partial charge in [0.25, 0.3) is 0 Å². The molecule has 0 spiro atoms. The summed E-state index contributed by atoms with van der Waals surface area (Å²) in [5, 5.41) is 16.1. The van der Waals surface area contributed by atoms with Crippen molar-refractivity contribution in [3.8, 4) is 0 Å². The van der Waals surface area contributed by atoms with E-state index in [0.717, 1.165) is 6.26 Å². The van der Waals surface area contributed by atoms with Gasteiger partial charge in [-0.2, -0.15) is 0 Å². The summed E-state index contributed by atoms with van der Waals surface area (Å²) in [7, 11) is -3.22. The molecule has 0 amide bonds. The molecular weight excluding hydrogens is 260 g/mol. The van der Waals surface area contributed by atoms with Crippen LogP contribution in [0.2, 0.25) is 0 Å². The number of rotatable bonds is 6. The third-order valence-corrected chi connectivity index (χ3v) is 2.93. The van der Waals surface area contributed by atoms with Crippen molar-refractivity contribution in [1.82, 2.24) is 10.2 Å². The van der Waals surface area contributed by atoms with Crippen molar-refractivity contribution in [2.24, 2.45) is 5.41 Å². The second kappa shape index (κ2) is 5.05. The summed E-state index contributed by atoms with van der Waals surface area (Å²) in [6.45, 7) is 3.53. The van der Waals surface area contributed by atoms with E-state index in [2.05, 4.69) is 10.2 Å². The summed E-state index contributed by atoms with van der Waals surface area (Å²) in [5.41, 5.74) is -0.527. The Hall–Kier alpha value is -1.44. The molecule has 0 saturated carbocycles. The highest BCUT2D eigenvalue weighted by Crippen LogP contribution is 2.25. The van der Waals surface area contributed by atoms with Gasteiger partial charge in [-0.25, -0.2) is 8.42 Å². The first-order chi connectivity index (χ1) is 8.07. The summed E-state index contributed by atoms with van der Waals surface area (Å²) in [6.07, 6.45) is 1.33. The fourth-order valence-electron chi connectivity index (χ4n) is 1.52. The highest BCUT2D eigenvalue weighted by atomic mass is 32.2. The predicted molar refractivity (Wildman–Crippen MR) is 62.6 cm³/mol. The first-order valence-corrected chi connectivity index (χ1v) is 7.34. The summed E-state index contributed by atoms with van der Waals surface area (Å²) in [5.74, 6) is -0.936. The molecule has 18 heavy (non-hydrogen) atoms. The Labute approximate surface area is 105 Å². The maximum atomic E-state index is 11.0. The molecule has 7 nitrogen and oxygen atoms in total. The Balaban J connectivity index is 2.72. The Kier molecular flexibility index (Phi) is 4.10. The van der Waals surface area contributed by atoms with Crippen molar-refractivity contribution < 1.29 is 22.7 Å². The van der Waals surface area contributed by atoms with Crippen LogP contribution in [0.25, 0.3) is 0 Å². The van der Waals surface area contributed by atoms with Gasteiger partial charge in [-0.3, -0.25) is 4.79 Å². The monoisotopic (exact) mass is 276 g/mol. The van der Waals surface area contributed by atoms with E-state index in [1.165, 1.54) is 0 Å². The van der Waals surface area contributed by atoms with E-state index in [4.69, 9.17) is 9.52 Å². The van der Waals surface area contributed by atoms with Gasteiger partial charge in [0.1, 0.15) is 5.75 Å². The van der Waals surface area contributed by atoms with Crippen molar-refractivity contribution in [1.29, 1.82) is 0 Å². The van der Waals surface area contributed by atoms with Crippen LogP contribution in [0.15, 0.2) is 4.42 Å². The van der Waals surface area contributed by atoms with Gasteiger partial charge in [0, 0.05) is 12.7 Å². The first-order valence-electron chi connectivity index (χ1n) is 5.28. The zero-order valence-electron chi connectivity index (χ0n) is 10.5. The molecule has 0 saturated heterocycles. The van der Waals surface area contributed by atoms with Crippen molar-refractivity contribution in [2.45, 2.75) is 32.4 Å². The Morgan fingerprint density at radius 2 is 1.89 bits per heavy atom. The van der Waals surface area contributed by atoms with Crippen LogP contribution in [-0.2, 0) is 26.8 Å². The van der Waals surface area contributed by atoms with E-state index < -0.39 is 21.2 Å². The lowest BCUT2D eigenvalue weighted by Gasteiger charge is -2.19. The molecule has 1 N–H and O–H groups in total. The van der Waals surface area contributed by atoms with Crippen LogP contribution in [-0.4, -0.2) is 35.9 Å². The lowest BCUT2D eigenvalue weighted by atomic mass is 9.86. The average molecular weight is 276 g/mol. The molecule has 0 aliphatic heterocycles. The third-order valence-electron chi connectivity index (χ3n) is 2.15. The smallest absolute Gasteiger partial charge is 0.303 e. The SMILES string of the molecule is CC(C)(CC(=O)O)Cc1nnc(CS(C)(=O)=O)o1. The molecule has 0 aliphatic rings. The molecule has 0 radical (unpaired) electrons. The Morgan fingerprint density at radius 1 is 1.33 bits per heavy atom. The van der Waals surface area contributed by atoms with Gasteiger partial charge < -0.3 is 9.52 Å². The molecule has 1 rings (SSSR count). The molecule has 0 bridgehead atoms. The molecule has 0 unspecified atom stereocenters. The van der Waals surface area contributed by atoms with Gasteiger partial charge in [-0.05, 0) is 5.41 Å². The number of nitrogens with zero attached hydrogens (tertiary/aromatic N) is 2. The average Bonchev–Trinajstić information content (AvgIpc) is 2.44. The molecule has 1 heterocycles. The molecule has 0 aromatic carbocycles. The zero-order chi connectivity index (χ0) is 14.0. The van der Waals surface area contributed by atoms with E-state index >= 15 is 0 Å². The molecule has 8 heteroatoms. The normalized spacial score (nSPS) is 12.6. The minimum absolute atomic E-state index is 0.0265. The number of carboxylic acids is 1. The second-order valence-electron chi connectivity index (χ2n) is 5.07. The van der Waals surface area contributed by atoms with Crippen molar-refractivity contribution in [3.63, 3.8) is 0 Å². The van der Waals surface area contributed by atoms with Gasteiger partial charge in [0.15, 0.2) is 9.84 Å². The quantitative estimate of drug-likeness (QED) is 0.812. The number of sulfone groups is 1. The lowest BCUT2D eigenvalue weighted by Crippen LogP contribution is -2.19. The van der Waals surface area contributed by atoms with E-state index in [9.17, 15) is 13.2 Å². The van der Waals surface area contributed by atoms with Gasteiger partial charge in [0.2, 0.25) is 11.8 Å². The van der Waals surface area contributed by atoms with Gasteiger partial charge in [-0.1, -0.05) is 13.8 Å². The Morgan fingerprint density at radius 3 is 2.39 bits per heavy atom. The molecule has 0 aliphatic carbocycles. The van der Waals surface area contributed by atoms with Crippen LogP contribution in [0.4, 0.5) is 0 Å². The molecule has 1 aromatic heterocycles. The van der Waals surface area contributed by atoms with Crippen LogP contribution in [0.1, 0.15) is 32.0 Å². The summed E-state index contributed by atoms with van der Waals surface area (Å²) in [6, 6.07) is 0. The van der Waals surface area contributed by atoms with Crippen LogP contribution < -0.4 is 0 Å².